The Morgan fingerprint density at radius 2 is 2.44 bits per heavy atom. The number of nitrogens with zero attached hydrogens (tertiary/aromatic N) is 3. The van der Waals surface area contributed by atoms with Gasteiger partial charge in [0.25, 0.3) is 5.91 Å². The third-order valence-corrected chi connectivity index (χ3v) is 3.32. The van der Waals surface area contributed by atoms with E-state index in [2.05, 4.69) is 16.5 Å². The molecule has 1 aliphatic heterocycles. The minimum atomic E-state index is -0.0596. The van der Waals surface area contributed by atoms with Crippen molar-refractivity contribution in [2.24, 2.45) is 7.05 Å². The number of nitrogens with one attached hydrogen (secondary N) is 1. The van der Waals surface area contributed by atoms with E-state index in [1.54, 1.807) is 0 Å². The molecule has 0 saturated carbocycles. The van der Waals surface area contributed by atoms with Gasteiger partial charge >= 0.3 is 0 Å². The smallest absolute Gasteiger partial charge is 0.268 e. The average molecular weight is 244 g/mol. The van der Waals surface area contributed by atoms with Crippen LogP contribution in [0.5, 0.6) is 0 Å². The maximum Gasteiger partial charge on any atom is 0.268 e. The topological polar surface area (TPSA) is 51.9 Å². The van der Waals surface area contributed by atoms with Crippen molar-refractivity contribution in [3.8, 4) is 0 Å². The Morgan fingerprint density at radius 3 is 3.17 bits per heavy atom. The number of carbonyl (C=O) groups excluding carboxylic acids is 1. The predicted molar refractivity (Wildman–Crippen MR) is 67.1 cm³/mol. The molecule has 1 amide bonds. The summed E-state index contributed by atoms with van der Waals surface area (Å²) in [6.07, 6.45) is 4.14. The van der Waals surface area contributed by atoms with Gasteiger partial charge in [0.1, 0.15) is 5.69 Å². The molecule has 3 rings (SSSR count). The molecule has 5 heteroatoms. The molecule has 0 bridgehead atoms. The first-order chi connectivity index (χ1) is 8.74. The summed E-state index contributed by atoms with van der Waals surface area (Å²) in [5, 5.41) is 7.36. The van der Waals surface area contributed by atoms with E-state index in [4.69, 9.17) is 0 Å². The number of hydrogen-bond acceptors (Lipinski definition) is 2. The van der Waals surface area contributed by atoms with Gasteiger partial charge < -0.3 is 9.88 Å². The lowest BCUT2D eigenvalue weighted by atomic mass is 10.2. The molecule has 1 aliphatic rings. The first-order valence-electron chi connectivity index (χ1n) is 6.19. The summed E-state index contributed by atoms with van der Waals surface area (Å²) in [6, 6.07) is 5.75. The number of rotatable bonds is 3. The standard InChI is InChI=1S/C13H16N4O/c1-16-6-3-5-12(16)13(18)14-9-10-8-11-4-2-7-17(11)15-10/h3,5-6,8H,2,4,7,9H2,1H3,(H,14,18). The van der Waals surface area contributed by atoms with Crippen LogP contribution in [-0.2, 0) is 26.6 Å². The first kappa shape index (κ1) is 11.1. The quantitative estimate of drug-likeness (QED) is 0.879. The van der Waals surface area contributed by atoms with E-state index in [0.29, 0.717) is 12.2 Å². The number of aromatic nitrogens is 3. The van der Waals surface area contributed by atoms with Gasteiger partial charge in [-0.25, -0.2) is 0 Å². The second-order valence-electron chi connectivity index (χ2n) is 4.64. The zero-order valence-electron chi connectivity index (χ0n) is 10.4. The SMILES string of the molecule is Cn1cccc1C(=O)NCc1cc2n(n1)CCC2. The molecule has 5 nitrogen and oxygen atoms in total. The predicted octanol–water partition coefficient (Wildman–Crippen LogP) is 1.10. The maximum absolute atomic E-state index is 11.9. The minimum Gasteiger partial charge on any atom is -0.347 e. The van der Waals surface area contributed by atoms with Gasteiger partial charge in [0.2, 0.25) is 0 Å². The summed E-state index contributed by atoms with van der Waals surface area (Å²) in [5.41, 5.74) is 2.88. The van der Waals surface area contributed by atoms with Gasteiger partial charge in [-0.15, -0.1) is 0 Å². The summed E-state index contributed by atoms with van der Waals surface area (Å²) in [4.78, 5) is 11.9. The summed E-state index contributed by atoms with van der Waals surface area (Å²) in [7, 11) is 1.86. The largest absolute Gasteiger partial charge is 0.347 e. The van der Waals surface area contributed by atoms with Crippen LogP contribution in [0.15, 0.2) is 24.4 Å². The molecule has 94 valence electrons. The van der Waals surface area contributed by atoms with E-state index in [0.717, 1.165) is 18.7 Å². The Hall–Kier alpha value is -2.04. The van der Waals surface area contributed by atoms with Gasteiger partial charge in [-0.2, -0.15) is 5.10 Å². The molecule has 1 N–H and O–H groups in total. The third kappa shape index (κ3) is 1.92. The van der Waals surface area contributed by atoms with E-state index in [9.17, 15) is 4.79 Å². The Bertz CT molecular complexity index is 560. The molecule has 0 aromatic carbocycles. The van der Waals surface area contributed by atoms with Crippen molar-refractivity contribution in [1.82, 2.24) is 19.7 Å². The highest BCUT2D eigenvalue weighted by molar-refractivity contribution is 5.92. The van der Waals surface area contributed by atoms with Crippen molar-refractivity contribution in [2.75, 3.05) is 0 Å². The highest BCUT2D eigenvalue weighted by atomic mass is 16.1. The molecule has 2 aromatic rings. The van der Waals surface area contributed by atoms with Crippen molar-refractivity contribution in [3.63, 3.8) is 0 Å². The lowest BCUT2D eigenvalue weighted by Crippen LogP contribution is -2.25. The summed E-state index contributed by atoms with van der Waals surface area (Å²) >= 11 is 0. The molecule has 2 aromatic heterocycles. The van der Waals surface area contributed by atoms with E-state index in [1.165, 1.54) is 12.1 Å². The highest BCUT2D eigenvalue weighted by Crippen LogP contribution is 2.14. The first-order valence-corrected chi connectivity index (χ1v) is 6.19. The van der Waals surface area contributed by atoms with Crippen LogP contribution in [0.25, 0.3) is 0 Å². The van der Waals surface area contributed by atoms with Crippen LogP contribution in [0.1, 0.15) is 28.3 Å². The van der Waals surface area contributed by atoms with Crippen LogP contribution in [0, 0.1) is 0 Å². The van der Waals surface area contributed by atoms with Crippen molar-refractivity contribution in [2.45, 2.75) is 25.9 Å². The van der Waals surface area contributed by atoms with Crippen LogP contribution in [0.2, 0.25) is 0 Å². The Morgan fingerprint density at radius 1 is 1.56 bits per heavy atom. The number of fused-ring (bicyclic) bond motifs is 1. The lowest BCUT2D eigenvalue weighted by Gasteiger charge is -2.04. The van der Waals surface area contributed by atoms with E-state index < -0.39 is 0 Å². The molecular weight excluding hydrogens is 228 g/mol. The molecule has 0 saturated heterocycles. The van der Waals surface area contributed by atoms with Crippen LogP contribution >= 0.6 is 0 Å². The maximum atomic E-state index is 11.9. The van der Waals surface area contributed by atoms with Crippen LogP contribution in [0.3, 0.4) is 0 Å². The fourth-order valence-electron chi connectivity index (χ4n) is 2.36. The van der Waals surface area contributed by atoms with Gasteiger partial charge in [0.15, 0.2) is 0 Å². The van der Waals surface area contributed by atoms with Crippen LogP contribution in [0.4, 0.5) is 0 Å². The number of amides is 1. The van der Waals surface area contributed by atoms with Crippen molar-refractivity contribution < 1.29 is 4.79 Å². The van der Waals surface area contributed by atoms with Gasteiger partial charge in [0.05, 0.1) is 12.2 Å². The Kier molecular flexibility index (Phi) is 2.66. The molecule has 0 atom stereocenters. The lowest BCUT2D eigenvalue weighted by molar-refractivity contribution is 0.0942. The third-order valence-electron chi connectivity index (χ3n) is 3.32. The molecule has 18 heavy (non-hydrogen) atoms. The van der Waals surface area contributed by atoms with Gasteiger partial charge in [-0.05, 0) is 31.0 Å². The molecular formula is C13H16N4O. The summed E-state index contributed by atoms with van der Waals surface area (Å²) < 4.78 is 3.84. The van der Waals surface area contributed by atoms with Crippen LogP contribution < -0.4 is 5.32 Å². The van der Waals surface area contributed by atoms with Gasteiger partial charge in [0, 0.05) is 25.5 Å². The summed E-state index contributed by atoms with van der Waals surface area (Å²) in [5.74, 6) is -0.0596. The number of aryl methyl sites for hydroxylation is 3. The molecule has 0 radical (unpaired) electrons. The fourth-order valence-corrected chi connectivity index (χ4v) is 2.36. The van der Waals surface area contributed by atoms with Crippen molar-refractivity contribution >= 4 is 5.91 Å². The second kappa shape index (κ2) is 4.33. The number of carbonyl (C=O) groups is 1. The van der Waals surface area contributed by atoms with Gasteiger partial charge in [-0.1, -0.05) is 0 Å². The second-order valence-corrected chi connectivity index (χ2v) is 4.64. The summed E-state index contributed by atoms with van der Waals surface area (Å²) in [6.45, 7) is 1.49. The fraction of sp³-hybridized carbons (Fsp3) is 0.385. The Balaban J connectivity index is 1.64. The van der Waals surface area contributed by atoms with Crippen molar-refractivity contribution in [1.29, 1.82) is 0 Å². The van der Waals surface area contributed by atoms with E-state index in [1.807, 2.05) is 34.6 Å². The monoisotopic (exact) mass is 244 g/mol. The van der Waals surface area contributed by atoms with Crippen LogP contribution in [-0.4, -0.2) is 20.3 Å². The number of hydrogen-bond donors (Lipinski definition) is 1. The van der Waals surface area contributed by atoms with Gasteiger partial charge in [-0.3, -0.25) is 9.48 Å². The zero-order valence-corrected chi connectivity index (χ0v) is 10.4. The van der Waals surface area contributed by atoms with E-state index in [-0.39, 0.29) is 5.91 Å². The molecule has 0 unspecified atom stereocenters. The Labute approximate surface area is 105 Å². The average Bonchev–Trinajstić information content (AvgIpc) is 3.00. The minimum absolute atomic E-state index is 0.0596. The molecule has 0 aliphatic carbocycles. The zero-order chi connectivity index (χ0) is 12.5. The molecule has 3 heterocycles. The molecule has 0 spiro atoms. The van der Waals surface area contributed by atoms with Crippen molar-refractivity contribution in [3.05, 3.63) is 41.5 Å². The normalized spacial score (nSPS) is 13.6. The van der Waals surface area contributed by atoms with E-state index >= 15 is 0 Å². The molecule has 0 fully saturated rings. The highest BCUT2D eigenvalue weighted by Gasteiger charge is 2.14.